The first kappa shape index (κ1) is 10.6. The van der Waals surface area contributed by atoms with Crippen LogP contribution in [0.1, 0.15) is 5.69 Å². The summed E-state index contributed by atoms with van der Waals surface area (Å²) >= 11 is 3.41. The molecule has 0 atom stereocenters. The molecule has 5 heteroatoms. The van der Waals surface area contributed by atoms with Crippen molar-refractivity contribution in [2.24, 2.45) is 0 Å². The van der Waals surface area contributed by atoms with E-state index >= 15 is 0 Å². The summed E-state index contributed by atoms with van der Waals surface area (Å²) in [7, 11) is 0. The summed E-state index contributed by atoms with van der Waals surface area (Å²) in [4.78, 5) is 8.05. The van der Waals surface area contributed by atoms with E-state index in [1.807, 2.05) is 30.3 Å². The quantitative estimate of drug-likeness (QED) is 0.915. The number of hydrogen-bond donors (Lipinski definition) is 1. The van der Waals surface area contributed by atoms with E-state index in [0.717, 1.165) is 10.2 Å². The molecule has 0 bridgehead atoms. The molecule has 0 spiro atoms. The van der Waals surface area contributed by atoms with Crippen LogP contribution in [0.3, 0.4) is 0 Å². The highest BCUT2D eigenvalue weighted by atomic mass is 79.9. The summed E-state index contributed by atoms with van der Waals surface area (Å²) in [6.07, 6.45) is 1.55. The van der Waals surface area contributed by atoms with Crippen LogP contribution < -0.4 is 5.32 Å². The number of halogens is 1. The summed E-state index contributed by atoms with van der Waals surface area (Å²) in [6, 6.07) is 11.2. The van der Waals surface area contributed by atoms with Crippen LogP contribution in [0.15, 0.2) is 41.0 Å². The van der Waals surface area contributed by atoms with Crippen LogP contribution in [-0.4, -0.2) is 9.97 Å². The van der Waals surface area contributed by atoms with Gasteiger partial charge in [0.2, 0.25) is 5.95 Å². The minimum Gasteiger partial charge on any atom is -0.323 e. The third-order valence-corrected chi connectivity index (χ3v) is 2.58. The van der Waals surface area contributed by atoms with Crippen LogP contribution in [0.5, 0.6) is 0 Å². The number of nitriles is 1. The van der Waals surface area contributed by atoms with Crippen LogP contribution in [0.25, 0.3) is 0 Å². The molecular formula is C11H7BrN4. The van der Waals surface area contributed by atoms with E-state index < -0.39 is 0 Å². The van der Waals surface area contributed by atoms with E-state index in [0.29, 0.717) is 11.6 Å². The zero-order valence-corrected chi connectivity index (χ0v) is 9.77. The zero-order valence-electron chi connectivity index (χ0n) is 8.18. The maximum atomic E-state index is 8.71. The highest BCUT2D eigenvalue weighted by Crippen LogP contribution is 2.23. The van der Waals surface area contributed by atoms with Crippen molar-refractivity contribution in [2.75, 3.05) is 5.32 Å². The molecule has 1 N–H and O–H groups in total. The fourth-order valence-electron chi connectivity index (χ4n) is 1.16. The van der Waals surface area contributed by atoms with E-state index in [1.54, 1.807) is 12.3 Å². The minimum atomic E-state index is 0.338. The molecule has 16 heavy (non-hydrogen) atoms. The van der Waals surface area contributed by atoms with Gasteiger partial charge in [0.1, 0.15) is 11.8 Å². The topological polar surface area (TPSA) is 61.6 Å². The lowest BCUT2D eigenvalue weighted by Gasteiger charge is -2.05. The van der Waals surface area contributed by atoms with Gasteiger partial charge in [0.15, 0.2) is 0 Å². The van der Waals surface area contributed by atoms with E-state index in [4.69, 9.17) is 5.26 Å². The van der Waals surface area contributed by atoms with Crippen LogP contribution in [-0.2, 0) is 0 Å². The van der Waals surface area contributed by atoms with Gasteiger partial charge in [-0.2, -0.15) is 5.26 Å². The van der Waals surface area contributed by atoms with Gasteiger partial charge in [-0.1, -0.05) is 12.1 Å². The Morgan fingerprint density at radius 2 is 2.06 bits per heavy atom. The van der Waals surface area contributed by atoms with Crippen molar-refractivity contribution in [2.45, 2.75) is 0 Å². The first-order chi connectivity index (χ1) is 7.79. The SMILES string of the molecule is N#Cc1ccnc(Nc2ccccc2Br)n1. The maximum Gasteiger partial charge on any atom is 0.228 e. The first-order valence-corrected chi connectivity index (χ1v) is 5.33. The Morgan fingerprint density at radius 1 is 1.25 bits per heavy atom. The third-order valence-electron chi connectivity index (χ3n) is 1.89. The lowest BCUT2D eigenvalue weighted by molar-refractivity contribution is 1.14. The predicted octanol–water partition coefficient (Wildman–Crippen LogP) is 2.85. The Kier molecular flexibility index (Phi) is 3.13. The molecule has 0 radical (unpaired) electrons. The summed E-state index contributed by atoms with van der Waals surface area (Å²) < 4.78 is 0.918. The number of anilines is 2. The molecule has 2 aromatic rings. The van der Waals surface area contributed by atoms with Crippen molar-refractivity contribution in [3.63, 3.8) is 0 Å². The largest absolute Gasteiger partial charge is 0.323 e. The van der Waals surface area contributed by atoms with Gasteiger partial charge in [0.05, 0.1) is 5.69 Å². The first-order valence-electron chi connectivity index (χ1n) is 4.54. The van der Waals surface area contributed by atoms with Gasteiger partial charge in [-0.3, -0.25) is 0 Å². The molecule has 4 nitrogen and oxygen atoms in total. The fourth-order valence-corrected chi connectivity index (χ4v) is 1.55. The van der Waals surface area contributed by atoms with E-state index in [2.05, 4.69) is 31.2 Å². The monoisotopic (exact) mass is 274 g/mol. The van der Waals surface area contributed by atoms with Crippen molar-refractivity contribution in [1.82, 2.24) is 9.97 Å². The fraction of sp³-hybridized carbons (Fsp3) is 0. The van der Waals surface area contributed by atoms with E-state index in [-0.39, 0.29) is 0 Å². The van der Waals surface area contributed by atoms with Crippen LogP contribution in [0.4, 0.5) is 11.6 Å². The summed E-state index contributed by atoms with van der Waals surface area (Å²) in [5, 5.41) is 11.7. The van der Waals surface area contributed by atoms with E-state index in [1.165, 1.54) is 0 Å². The Morgan fingerprint density at radius 3 is 2.81 bits per heavy atom. The minimum absolute atomic E-state index is 0.338. The molecule has 1 heterocycles. The molecule has 0 saturated carbocycles. The second kappa shape index (κ2) is 4.73. The Labute approximate surface area is 101 Å². The molecule has 0 aliphatic carbocycles. The molecule has 0 aliphatic heterocycles. The van der Waals surface area contributed by atoms with E-state index in [9.17, 15) is 0 Å². The van der Waals surface area contributed by atoms with Crippen LogP contribution in [0.2, 0.25) is 0 Å². The molecule has 0 saturated heterocycles. The van der Waals surface area contributed by atoms with Crippen LogP contribution >= 0.6 is 15.9 Å². The standard InChI is InChI=1S/C11H7BrN4/c12-9-3-1-2-4-10(9)16-11-14-6-5-8(7-13)15-11/h1-6H,(H,14,15,16). The predicted molar refractivity (Wildman–Crippen MR) is 64.2 cm³/mol. The van der Waals surface area contributed by atoms with Crippen molar-refractivity contribution in [3.8, 4) is 6.07 Å². The number of benzene rings is 1. The van der Waals surface area contributed by atoms with Gasteiger partial charge in [-0.15, -0.1) is 0 Å². The molecule has 0 aliphatic rings. The number of nitrogens with one attached hydrogen (secondary N) is 1. The lowest BCUT2D eigenvalue weighted by atomic mass is 10.3. The van der Waals surface area contributed by atoms with Crippen LogP contribution in [0, 0.1) is 11.3 Å². The molecule has 0 amide bonds. The Balaban J connectivity index is 2.28. The highest BCUT2D eigenvalue weighted by molar-refractivity contribution is 9.10. The number of nitrogens with zero attached hydrogens (tertiary/aromatic N) is 3. The molecule has 1 aromatic carbocycles. The zero-order chi connectivity index (χ0) is 11.4. The van der Waals surface area contributed by atoms with Crippen molar-refractivity contribution < 1.29 is 0 Å². The Hall–Kier alpha value is -1.93. The average molecular weight is 275 g/mol. The van der Waals surface area contributed by atoms with Gasteiger partial charge in [-0.05, 0) is 34.1 Å². The third kappa shape index (κ3) is 2.35. The summed E-state index contributed by atoms with van der Waals surface area (Å²) in [5.74, 6) is 0.408. The molecular weight excluding hydrogens is 268 g/mol. The molecule has 0 fully saturated rings. The molecule has 2 rings (SSSR count). The highest BCUT2D eigenvalue weighted by Gasteiger charge is 2.01. The molecule has 1 aromatic heterocycles. The molecule has 78 valence electrons. The van der Waals surface area contributed by atoms with Crippen molar-refractivity contribution >= 4 is 27.6 Å². The smallest absolute Gasteiger partial charge is 0.228 e. The Bertz CT molecular complexity index is 548. The van der Waals surface area contributed by atoms with Gasteiger partial charge in [-0.25, -0.2) is 9.97 Å². The average Bonchev–Trinajstić information content (AvgIpc) is 2.32. The normalized spacial score (nSPS) is 9.50. The second-order valence-electron chi connectivity index (χ2n) is 2.98. The lowest BCUT2D eigenvalue weighted by Crippen LogP contribution is -1.98. The molecule has 0 unspecified atom stereocenters. The number of rotatable bonds is 2. The van der Waals surface area contributed by atoms with Crippen molar-refractivity contribution in [1.29, 1.82) is 5.26 Å². The second-order valence-corrected chi connectivity index (χ2v) is 3.84. The van der Waals surface area contributed by atoms with Gasteiger partial charge >= 0.3 is 0 Å². The van der Waals surface area contributed by atoms with Crippen molar-refractivity contribution in [3.05, 3.63) is 46.7 Å². The van der Waals surface area contributed by atoms with Gasteiger partial charge in [0.25, 0.3) is 0 Å². The summed E-state index contributed by atoms with van der Waals surface area (Å²) in [6.45, 7) is 0. The van der Waals surface area contributed by atoms with Gasteiger partial charge < -0.3 is 5.32 Å². The maximum absolute atomic E-state index is 8.71. The number of hydrogen-bond acceptors (Lipinski definition) is 4. The number of para-hydroxylation sites is 1. The number of aromatic nitrogens is 2. The summed E-state index contributed by atoms with van der Waals surface area (Å²) in [5.41, 5.74) is 1.20. The van der Waals surface area contributed by atoms with Gasteiger partial charge in [0, 0.05) is 10.7 Å².